The third kappa shape index (κ3) is 3.86. The molecule has 0 fully saturated rings. The first-order valence-electron chi connectivity index (χ1n) is 5.80. The third-order valence-corrected chi connectivity index (χ3v) is 2.46. The molecule has 1 aromatic carbocycles. The first-order chi connectivity index (χ1) is 8.08. The number of hydrogen-bond acceptors (Lipinski definition) is 2. The zero-order valence-corrected chi connectivity index (χ0v) is 10.9. The standard InChI is InChI=1S/C14H20FNO/c1-5-16-13(8-10(2)3)11-6-7-14(17-4)12(15)9-11/h6-9,13,16H,5H2,1-4H3. The van der Waals surface area contributed by atoms with Crippen molar-refractivity contribution in [1.82, 2.24) is 5.32 Å². The van der Waals surface area contributed by atoms with Gasteiger partial charge in [-0.2, -0.15) is 0 Å². The second-order valence-electron chi connectivity index (χ2n) is 4.17. The van der Waals surface area contributed by atoms with Crippen molar-refractivity contribution in [3.63, 3.8) is 0 Å². The van der Waals surface area contributed by atoms with Gasteiger partial charge >= 0.3 is 0 Å². The van der Waals surface area contributed by atoms with Crippen LogP contribution in [-0.2, 0) is 0 Å². The van der Waals surface area contributed by atoms with Crippen LogP contribution in [0.4, 0.5) is 4.39 Å². The molecule has 0 aliphatic heterocycles. The zero-order valence-electron chi connectivity index (χ0n) is 10.9. The van der Waals surface area contributed by atoms with Gasteiger partial charge in [0, 0.05) is 0 Å². The SMILES string of the molecule is CCNC(C=C(C)C)c1ccc(OC)c(F)c1. The lowest BCUT2D eigenvalue weighted by Crippen LogP contribution is -2.19. The number of methoxy groups -OCH3 is 1. The van der Waals surface area contributed by atoms with Gasteiger partial charge in [-0.1, -0.05) is 24.6 Å². The Hall–Kier alpha value is -1.35. The Labute approximate surface area is 102 Å². The quantitative estimate of drug-likeness (QED) is 0.792. The summed E-state index contributed by atoms with van der Waals surface area (Å²) in [5.74, 6) is -0.0451. The number of likely N-dealkylation sites (N-methyl/N-ethyl adjacent to an activating group) is 1. The van der Waals surface area contributed by atoms with Gasteiger partial charge in [-0.25, -0.2) is 4.39 Å². The fourth-order valence-corrected chi connectivity index (χ4v) is 1.70. The van der Waals surface area contributed by atoms with E-state index in [0.29, 0.717) is 0 Å². The van der Waals surface area contributed by atoms with E-state index in [1.807, 2.05) is 26.8 Å². The van der Waals surface area contributed by atoms with Crippen LogP contribution in [0.25, 0.3) is 0 Å². The van der Waals surface area contributed by atoms with E-state index in [1.165, 1.54) is 18.7 Å². The summed E-state index contributed by atoms with van der Waals surface area (Å²) in [6.45, 7) is 6.93. The van der Waals surface area contributed by atoms with Crippen molar-refractivity contribution in [2.24, 2.45) is 0 Å². The lowest BCUT2D eigenvalue weighted by atomic mass is 10.0. The normalized spacial score (nSPS) is 12.1. The molecule has 3 heteroatoms. The number of nitrogens with one attached hydrogen (secondary N) is 1. The van der Waals surface area contributed by atoms with Gasteiger partial charge in [0.2, 0.25) is 0 Å². The van der Waals surface area contributed by atoms with Crippen molar-refractivity contribution in [2.45, 2.75) is 26.8 Å². The van der Waals surface area contributed by atoms with Crippen LogP contribution >= 0.6 is 0 Å². The highest BCUT2D eigenvalue weighted by Crippen LogP contribution is 2.23. The largest absolute Gasteiger partial charge is 0.494 e. The molecule has 0 bridgehead atoms. The summed E-state index contributed by atoms with van der Waals surface area (Å²) in [4.78, 5) is 0. The van der Waals surface area contributed by atoms with Crippen LogP contribution in [0.15, 0.2) is 29.8 Å². The van der Waals surface area contributed by atoms with E-state index in [-0.39, 0.29) is 17.6 Å². The average Bonchev–Trinajstić information content (AvgIpc) is 2.28. The van der Waals surface area contributed by atoms with Gasteiger partial charge in [0.05, 0.1) is 13.2 Å². The number of ether oxygens (including phenoxy) is 1. The molecule has 94 valence electrons. The number of benzene rings is 1. The summed E-state index contributed by atoms with van der Waals surface area (Å²) < 4.78 is 18.5. The topological polar surface area (TPSA) is 21.3 Å². The average molecular weight is 237 g/mol. The number of rotatable bonds is 5. The molecule has 0 spiro atoms. The van der Waals surface area contributed by atoms with Gasteiger partial charge in [-0.15, -0.1) is 0 Å². The molecule has 0 aliphatic rings. The van der Waals surface area contributed by atoms with E-state index in [2.05, 4.69) is 11.4 Å². The van der Waals surface area contributed by atoms with Gasteiger partial charge in [0.15, 0.2) is 11.6 Å². The Bertz CT molecular complexity index is 397. The Morgan fingerprint density at radius 3 is 2.65 bits per heavy atom. The van der Waals surface area contributed by atoms with Crippen LogP contribution < -0.4 is 10.1 Å². The monoisotopic (exact) mass is 237 g/mol. The first-order valence-corrected chi connectivity index (χ1v) is 5.80. The van der Waals surface area contributed by atoms with Gasteiger partial charge < -0.3 is 10.1 Å². The van der Waals surface area contributed by atoms with Crippen molar-refractivity contribution < 1.29 is 9.13 Å². The van der Waals surface area contributed by atoms with Crippen molar-refractivity contribution in [1.29, 1.82) is 0 Å². The van der Waals surface area contributed by atoms with Crippen molar-refractivity contribution in [3.8, 4) is 5.75 Å². The minimum Gasteiger partial charge on any atom is -0.494 e. The maximum absolute atomic E-state index is 13.6. The molecule has 0 heterocycles. The van der Waals surface area contributed by atoms with E-state index in [4.69, 9.17) is 4.74 Å². The Morgan fingerprint density at radius 2 is 2.18 bits per heavy atom. The van der Waals surface area contributed by atoms with E-state index in [0.717, 1.165) is 12.1 Å². The number of allylic oxidation sites excluding steroid dienone is 1. The number of halogens is 1. The molecule has 0 saturated heterocycles. The molecule has 0 aliphatic carbocycles. The van der Waals surface area contributed by atoms with Crippen LogP contribution in [0.3, 0.4) is 0 Å². The third-order valence-electron chi connectivity index (χ3n) is 2.46. The summed E-state index contributed by atoms with van der Waals surface area (Å²) in [6, 6.07) is 5.11. The summed E-state index contributed by atoms with van der Waals surface area (Å²) in [7, 11) is 1.47. The van der Waals surface area contributed by atoms with Crippen LogP contribution in [0.5, 0.6) is 5.75 Å². The molecule has 1 aromatic rings. The fourth-order valence-electron chi connectivity index (χ4n) is 1.70. The lowest BCUT2D eigenvalue weighted by Gasteiger charge is -2.16. The minimum atomic E-state index is -0.324. The van der Waals surface area contributed by atoms with E-state index in [9.17, 15) is 4.39 Å². The molecular formula is C14H20FNO. The minimum absolute atomic E-state index is 0.0467. The highest BCUT2D eigenvalue weighted by Gasteiger charge is 2.10. The zero-order chi connectivity index (χ0) is 12.8. The Balaban J connectivity index is 3.02. The second kappa shape index (κ2) is 6.40. The second-order valence-corrected chi connectivity index (χ2v) is 4.17. The van der Waals surface area contributed by atoms with E-state index >= 15 is 0 Å². The highest BCUT2D eigenvalue weighted by atomic mass is 19.1. The molecule has 1 unspecified atom stereocenters. The van der Waals surface area contributed by atoms with Crippen LogP contribution in [0.2, 0.25) is 0 Å². The van der Waals surface area contributed by atoms with Crippen LogP contribution in [0.1, 0.15) is 32.4 Å². The van der Waals surface area contributed by atoms with Crippen LogP contribution in [-0.4, -0.2) is 13.7 Å². The summed E-state index contributed by atoms with van der Waals surface area (Å²) in [5.41, 5.74) is 2.11. The summed E-state index contributed by atoms with van der Waals surface area (Å²) >= 11 is 0. The Kier molecular flexibility index (Phi) is 5.16. The fraction of sp³-hybridized carbons (Fsp3) is 0.429. The predicted molar refractivity (Wildman–Crippen MR) is 68.8 cm³/mol. The molecule has 0 radical (unpaired) electrons. The Morgan fingerprint density at radius 1 is 1.47 bits per heavy atom. The maximum atomic E-state index is 13.6. The molecular weight excluding hydrogens is 217 g/mol. The molecule has 2 nitrogen and oxygen atoms in total. The molecule has 1 N–H and O–H groups in total. The molecule has 0 aromatic heterocycles. The smallest absolute Gasteiger partial charge is 0.165 e. The maximum Gasteiger partial charge on any atom is 0.165 e. The molecule has 0 amide bonds. The summed E-state index contributed by atoms with van der Waals surface area (Å²) in [6.07, 6.45) is 2.09. The van der Waals surface area contributed by atoms with Crippen molar-refractivity contribution in [2.75, 3.05) is 13.7 Å². The molecule has 1 atom stereocenters. The molecule has 1 rings (SSSR count). The van der Waals surface area contributed by atoms with Gasteiger partial charge in [0.1, 0.15) is 0 Å². The van der Waals surface area contributed by atoms with Crippen molar-refractivity contribution >= 4 is 0 Å². The first kappa shape index (κ1) is 13.7. The van der Waals surface area contributed by atoms with Gasteiger partial charge in [-0.05, 0) is 38.1 Å². The van der Waals surface area contributed by atoms with Crippen molar-refractivity contribution in [3.05, 3.63) is 41.2 Å². The lowest BCUT2D eigenvalue weighted by molar-refractivity contribution is 0.386. The van der Waals surface area contributed by atoms with E-state index in [1.54, 1.807) is 6.07 Å². The highest BCUT2D eigenvalue weighted by molar-refractivity contribution is 5.33. The predicted octanol–water partition coefficient (Wildman–Crippen LogP) is 3.45. The molecule has 0 saturated carbocycles. The van der Waals surface area contributed by atoms with E-state index < -0.39 is 0 Å². The number of hydrogen-bond donors (Lipinski definition) is 1. The van der Waals surface area contributed by atoms with Crippen LogP contribution in [0, 0.1) is 5.82 Å². The summed E-state index contributed by atoms with van der Waals surface area (Å²) in [5, 5.41) is 3.31. The van der Waals surface area contributed by atoms with Gasteiger partial charge in [0.25, 0.3) is 0 Å². The van der Waals surface area contributed by atoms with Gasteiger partial charge in [-0.3, -0.25) is 0 Å². The molecule has 17 heavy (non-hydrogen) atoms.